The minimum atomic E-state index is -0.189. The van der Waals surface area contributed by atoms with Crippen molar-refractivity contribution in [1.29, 1.82) is 0 Å². The van der Waals surface area contributed by atoms with Gasteiger partial charge in [-0.3, -0.25) is 4.79 Å². The highest BCUT2D eigenvalue weighted by Gasteiger charge is 2.12. The minimum absolute atomic E-state index is 0.136. The van der Waals surface area contributed by atoms with E-state index in [2.05, 4.69) is 22.2 Å². The predicted molar refractivity (Wildman–Crippen MR) is 67.6 cm³/mol. The van der Waals surface area contributed by atoms with E-state index in [0.717, 1.165) is 19.3 Å². The van der Waals surface area contributed by atoms with Crippen LogP contribution < -0.4 is 11.1 Å². The number of rotatable bonds is 5. The SMILES string of the molecule is CCCCC(C)NC(=O)c1cc(C)nc(N)n1. The van der Waals surface area contributed by atoms with Crippen molar-refractivity contribution in [3.05, 3.63) is 17.5 Å². The van der Waals surface area contributed by atoms with Crippen LogP contribution in [0.15, 0.2) is 6.07 Å². The lowest BCUT2D eigenvalue weighted by molar-refractivity contribution is 0.0933. The second kappa shape index (κ2) is 6.18. The molecule has 5 nitrogen and oxygen atoms in total. The number of anilines is 1. The Morgan fingerprint density at radius 2 is 2.24 bits per heavy atom. The van der Waals surface area contributed by atoms with Gasteiger partial charge in [-0.1, -0.05) is 19.8 Å². The number of carbonyl (C=O) groups is 1. The fourth-order valence-corrected chi connectivity index (χ4v) is 1.59. The van der Waals surface area contributed by atoms with Crippen molar-refractivity contribution in [2.24, 2.45) is 0 Å². The molecule has 1 atom stereocenters. The van der Waals surface area contributed by atoms with E-state index in [1.165, 1.54) is 0 Å². The maximum Gasteiger partial charge on any atom is 0.270 e. The number of unbranched alkanes of at least 4 members (excludes halogenated alkanes) is 1. The number of aryl methyl sites for hydroxylation is 1. The molecule has 0 bridgehead atoms. The lowest BCUT2D eigenvalue weighted by Crippen LogP contribution is -2.33. The van der Waals surface area contributed by atoms with Crippen molar-refractivity contribution in [2.45, 2.75) is 46.1 Å². The van der Waals surface area contributed by atoms with Crippen LogP contribution in [-0.2, 0) is 0 Å². The quantitative estimate of drug-likeness (QED) is 0.815. The zero-order valence-electron chi connectivity index (χ0n) is 10.7. The van der Waals surface area contributed by atoms with Gasteiger partial charge in [0.25, 0.3) is 5.91 Å². The Balaban J connectivity index is 2.63. The molecule has 1 aromatic heterocycles. The number of nitrogens with zero attached hydrogens (tertiary/aromatic N) is 2. The molecule has 17 heavy (non-hydrogen) atoms. The number of nitrogen functional groups attached to an aromatic ring is 1. The number of nitrogens with one attached hydrogen (secondary N) is 1. The van der Waals surface area contributed by atoms with Gasteiger partial charge in [-0.15, -0.1) is 0 Å². The molecular formula is C12H20N4O. The van der Waals surface area contributed by atoms with Gasteiger partial charge in [0.1, 0.15) is 5.69 Å². The first-order valence-electron chi connectivity index (χ1n) is 5.95. The lowest BCUT2D eigenvalue weighted by Gasteiger charge is -2.13. The minimum Gasteiger partial charge on any atom is -0.368 e. The monoisotopic (exact) mass is 236 g/mol. The molecule has 0 saturated carbocycles. The maximum atomic E-state index is 11.9. The van der Waals surface area contributed by atoms with E-state index in [0.29, 0.717) is 11.4 Å². The molecule has 1 aromatic rings. The topological polar surface area (TPSA) is 80.9 Å². The van der Waals surface area contributed by atoms with E-state index in [9.17, 15) is 4.79 Å². The Kier molecular flexibility index (Phi) is 4.87. The van der Waals surface area contributed by atoms with Crippen LogP contribution in [0.3, 0.4) is 0 Å². The Labute approximate surface area is 102 Å². The summed E-state index contributed by atoms with van der Waals surface area (Å²) < 4.78 is 0. The van der Waals surface area contributed by atoms with Crippen LogP contribution in [0, 0.1) is 6.92 Å². The largest absolute Gasteiger partial charge is 0.368 e. The summed E-state index contributed by atoms with van der Waals surface area (Å²) in [7, 11) is 0. The van der Waals surface area contributed by atoms with Crippen LogP contribution in [0.4, 0.5) is 5.95 Å². The number of hydrogen-bond acceptors (Lipinski definition) is 4. The molecule has 0 saturated heterocycles. The highest BCUT2D eigenvalue weighted by Crippen LogP contribution is 2.04. The van der Waals surface area contributed by atoms with Crippen molar-refractivity contribution in [3.8, 4) is 0 Å². The second-order valence-electron chi connectivity index (χ2n) is 4.27. The molecule has 0 aromatic carbocycles. The third kappa shape index (κ3) is 4.38. The van der Waals surface area contributed by atoms with Gasteiger partial charge >= 0.3 is 0 Å². The van der Waals surface area contributed by atoms with Crippen LogP contribution >= 0.6 is 0 Å². The zero-order valence-corrected chi connectivity index (χ0v) is 10.7. The molecule has 0 radical (unpaired) electrons. The van der Waals surface area contributed by atoms with Gasteiger partial charge in [0.15, 0.2) is 0 Å². The molecule has 0 aliphatic carbocycles. The number of nitrogens with two attached hydrogens (primary N) is 1. The normalized spacial score (nSPS) is 12.2. The smallest absolute Gasteiger partial charge is 0.270 e. The van der Waals surface area contributed by atoms with Crippen LogP contribution in [0.5, 0.6) is 0 Å². The van der Waals surface area contributed by atoms with Gasteiger partial charge in [0.05, 0.1) is 0 Å². The van der Waals surface area contributed by atoms with Crippen LogP contribution in [0.25, 0.3) is 0 Å². The zero-order chi connectivity index (χ0) is 12.8. The first kappa shape index (κ1) is 13.4. The summed E-state index contributed by atoms with van der Waals surface area (Å²) in [5, 5.41) is 2.90. The molecule has 1 amide bonds. The van der Waals surface area contributed by atoms with Crippen molar-refractivity contribution < 1.29 is 4.79 Å². The summed E-state index contributed by atoms with van der Waals surface area (Å²) in [6.45, 7) is 5.91. The third-order valence-corrected chi connectivity index (χ3v) is 2.47. The number of hydrogen-bond donors (Lipinski definition) is 2. The third-order valence-electron chi connectivity index (χ3n) is 2.47. The van der Waals surface area contributed by atoms with Gasteiger partial charge in [-0.05, 0) is 26.3 Å². The van der Waals surface area contributed by atoms with E-state index in [1.807, 2.05) is 6.92 Å². The Morgan fingerprint density at radius 1 is 1.53 bits per heavy atom. The summed E-state index contributed by atoms with van der Waals surface area (Å²) in [4.78, 5) is 19.7. The Hall–Kier alpha value is -1.65. The van der Waals surface area contributed by atoms with Crippen LogP contribution in [0.2, 0.25) is 0 Å². The number of amides is 1. The summed E-state index contributed by atoms with van der Waals surface area (Å²) in [6, 6.07) is 1.79. The first-order valence-corrected chi connectivity index (χ1v) is 5.95. The molecule has 94 valence electrons. The molecule has 0 fully saturated rings. The van der Waals surface area contributed by atoms with Gasteiger partial charge in [0.2, 0.25) is 5.95 Å². The van der Waals surface area contributed by atoms with E-state index >= 15 is 0 Å². The molecule has 1 rings (SSSR count). The second-order valence-corrected chi connectivity index (χ2v) is 4.27. The molecular weight excluding hydrogens is 216 g/mol. The standard InChI is InChI=1S/C12H20N4O/c1-4-5-6-8(2)14-11(17)10-7-9(3)15-12(13)16-10/h7-8H,4-6H2,1-3H3,(H,14,17)(H2,13,15,16). The summed E-state index contributed by atoms with van der Waals surface area (Å²) in [5.74, 6) is -0.0536. The Bertz CT molecular complexity index is 372. The van der Waals surface area contributed by atoms with E-state index in [4.69, 9.17) is 5.73 Å². The Morgan fingerprint density at radius 3 is 2.82 bits per heavy atom. The molecule has 3 N–H and O–H groups in total. The number of aromatic nitrogens is 2. The van der Waals surface area contributed by atoms with E-state index < -0.39 is 0 Å². The van der Waals surface area contributed by atoms with Crippen molar-refractivity contribution >= 4 is 11.9 Å². The predicted octanol–water partition coefficient (Wildman–Crippen LogP) is 1.68. The average molecular weight is 236 g/mol. The van der Waals surface area contributed by atoms with Gasteiger partial charge in [-0.25, -0.2) is 9.97 Å². The highest BCUT2D eigenvalue weighted by molar-refractivity contribution is 5.92. The van der Waals surface area contributed by atoms with Gasteiger partial charge in [0, 0.05) is 11.7 Å². The van der Waals surface area contributed by atoms with Crippen molar-refractivity contribution in [1.82, 2.24) is 15.3 Å². The molecule has 1 unspecified atom stereocenters. The fourth-order valence-electron chi connectivity index (χ4n) is 1.59. The van der Waals surface area contributed by atoms with E-state index in [-0.39, 0.29) is 17.9 Å². The summed E-state index contributed by atoms with van der Waals surface area (Å²) in [6.07, 6.45) is 3.20. The highest BCUT2D eigenvalue weighted by atomic mass is 16.1. The molecule has 0 spiro atoms. The molecule has 0 aliphatic rings. The lowest BCUT2D eigenvalue weighted by atomic mass is 10.1. The van der Waals surface area contributed by atoms with Gasteiger partial charge < -0.3 is 11.1 Å². The van der Waals surface area contributed by atoms with Crippen molar-refractivity contribution in [3.63, 3.8) is 0 Å². The van der Waals surface area contributed by atoms with E-state index in [1.54, 1.807) is 13.0 Å². The van der Waals surface area contributed by atoms with Crippen LogP contribution in [0.1, 0.15) is 49.3 Å². The molecule has 5 heteroatoms. The summed E-state index contributed by atoms with van der Waals surface area (Å²) in [5.41, 5.74) is 6.54. The van der Waals surface area contributed by atoms with Crippen molar-refractivity contribution in [2.75, 3.05) is 5.73 Å². The first-order chi connectivity index (χ1) is 8.02. The molecule has 0 aliphatic heterocycles. The summed E-state index contributed by atoms with van der Waals surface area (Å²) >= 11 is 0. The number of carbonyl (C=O) groups excluding carboxylic acids is 1. The fraction of sp³-hybridized carbons (Fsp3) is 0.583. The van der Waals surface area contributed by atoms with Crippen LogP contribution in [-0.4, -0.2) is 21.9 Å². The van der Waals surface area contributed by atoms with Gasteiger partial charge in [-0.2, -0.15) is 0 Å². The molecule has 1 heterocycles. The average Bonchev–Trinajstić information content (AvgIpc) is 2.25. The maximum absolute atomic E-state index is 11.9.